The number of carbonyl (C=O) groups excluding carboxylic acids is 3. The number of nitrogens with two attached hydrogens (primary N) is 1. The zero-order valence-corrected chi connectivity index (χ0v) is 24.7. The van der Waals surface area contributed by atoms with E-state index in [0.717, 1.165) is 23.7 Å². The Labute approximate surface area is 251 Å². The molecule has 2 aromatic heterocycles. The Hall–Kier alpha value is -3.29. The molecule has 0 aliphatic carbocycles. The van der Waals surface area contributed by atoms with E-state index in [-0.39, 0.29) is 42.2 Å². The van der Waals surface area contributed by atoms with Crippen LogP contribution in [0, 0.1) is 5.92 Å². The normalized spacial score (nSPS) is 29.0. The number of carbonyl (C=O) groups is 3. The number of imidazole rings is 1. The molecular weight excluding hydrogens is 584 g/mol. The van der Waals surface area contributed by atoms with Gasteiger partial charge in [-0.1, -0.05) is 20.3 Å². The number of hydrogen-bond acceptors (Lipinski definition) is 13. The van der Waals surface area contributed by atoms with Gasteiger partial charge in [0.25, 0.3) is 5.91 Å². The quantitative estimate of drug-likeness (QED) is 0.0916. The average molecular weight is 623 g/mol. The minimum absolute atomic E-state index is 0.122. The fraction of sp³-hybridized carbons (Fsp3) is 0.680. The molecule has 236 valence electrons. The third-order valence-corrected chi connectivity index (χ3v) is 9.06. The summed E-state index contributed by atoms with van der Waals surface area (Å²) in [6, 6.07) is 0.159. The van der Waals surface area contributed by atoms with Gasteiger partial charge < -0.3 is 31.3 Å². The summed E-state index contributed by atoms with van der Waals surface area (Å²) >= 11 is 1.82. The van der Waals surface area contributed by atoms with Crippen LogP contribution in [0.2, 0.25) is 0 Å². The summed E-state index contributed by atoms with van der Waals surface area (Å²) in [4.78, 5) is 54.1. The first kappa shape index (κ1) is 31.1. The molecule has 2 aromatic rings. The number of nitrogens with one attached hydrogen (secondary N) is 4. The van der Waals surface area contributed by atoms with Crippen molar-refractivity contribution >= 4 is 46.6 Å². The number of morpholine rings is 1. The number of nitrogen functional groups attached to an aromatic ring is 1. The maximum absolute atomic E-state index is 12.5. The Morgan fingerprint density at radius 2 is 1.98 bits per heavy atom. The number of rotatable bonds is 11. The molecule has 0 spiro atoms. The first-order valence-corrected chi connectivity index (χ1v) is 15.3. The van der Waals surface area contributed by atoms with Crippen molar-refractivity contribution in [3.8, 4) is 0 Å². The van der Waals surface area contributed by atoms with E-state index < -0.39 is 37.3 Å². The molecule has 0 bridgehead atoms. The van der Waals surface area contributed by atoms with E-state index in [1.54, 1.807) is 0 Å². The van der Waals surface area contributed by atoms with Gasteiger partial charge in [-0.3, -0.25) is 29.8 Å². The second kappa shape index (κ2) is 13.6. The van der Waals surface area contributed by atoms with Gasteiger partial charge in [0.1, 0.15) is 24.6 Å². The maximum atomic E-state index is 12.5. The number of amides is 4. The summed E-state index contributed by atoms with van der Waals surface area (Å²) in [5, 5.41) is 29.1. The van der Waals surface area contributed by atoms with Crippen LogP contribution < -0.4 is 27.2 Å². The molecule has 43 heavy (non-hydrogen) atoms. The van der Waals surface area contributed by atoms with Gasteiger partial charge >= 0.3 is 6.03 Å². The first-order valence-electron chi connectivity index (χ1n) is 14.2. The predicted molar refractivity (Wildman–Crippen MR) is 153 cm³/mol. The molecule has 4 amide bonds. The highest BCUT2D eigenvalue weighted by Gasteiger charge is 2.45. The Morgan fingerprint density at radius 3 is 2.77 bits per heavy atom. The minimum Gasteiger partial charge on any atom is -0.382 e. The minimum atomic E-state index is -1.56. The van der Waals surface area contributed by atoms with E-state index in [4.69, 9.17) is 15.3 Å². The number of nitrogens with zero attached hydrogens (tertiary/aromatic N) is 5. The van der Waals surface area contributed by atoms with Crippen LogP contribution >= 0.6 is 11.8 Å². The van der Waals surface area contributed by atoms with Crippen molar-refractivity contribution in [1.29, 1.82) is 0 Å². The average Bonchev–Trinajstić information content (AvgIpc) is 3.66. The molecule has 3 unspecified atom stereocenters. The zero-order valence-electron chi connectivity index (χ0n) is 23.9. The fourth-order valence-corrected chi connectivity index (χ4v) is 7.01. The van der Waals surface area contributed by atoms with E-state index in [0.29, 0.717) is 29.3 Å². The molecule has 3 aliphatic heterocycles. The standard InChI is InChI=1S/C25H38N10O7S/c1-12(2)7-14-22(38)35(23(39)24(42-14)34-11-29-19-20(26)27-10-28-21(19)34)41-8-17(37)33-32-16(36)6-4-3-5-15-18-13(9-43-15)30-25(40)31-18/h10-15,18,22-24,38-39H,3-9H2,1-2H3,(H,32,36)(H,33,37)(H2,26,27,28)(H2,30,31,40)/t13-,14?,15-,18-,22?,23?,24+/m0/s1. The monoisotopic (exact) mass is 622 g/mol. The van der Waals surface area contributed by atoms with Gasteiger partial charge in [-0.25, -0.2) is 19.7 Å². The lowest BCUT2D eigenvalue weighted by Crippen LogP contribution is -2.59. The second-order valence-corrected chi connectivity index (χ2v) is 12.5. The molecule has 18 heteroatoms. The van der Waals surface area contributed by atoms with Crippen molar-refractivity contribution in [1.82, 2.24) is 46.1 Å². The van der Waals surface area contributed by atoms with E-state index in [9.17, 15) is 24.6 Å². The summed E-state index contributed by atoms with van der Waals surface area (Å²) in [6.07, 6.45) is 0.730. The number of urea groups is 1. The molecule has 17 nitrogen and oxygen atoms in total. The van der Waals surface area contributed by atoms with Crippen LogP contribution in [0.15, 0.2) is 12.7 Å². The van der Waals surface area contributed by atoms with Crippen molar-refractivity contribution in [2.24, 2.45) is 5.92 Å². The molecule has 0 radical (unpaired) electrons. The third kappa shape index (κ3) is 7.10. The highest BCUT2D eigenvalue weighted by molar-refractivity contribution is 8.00. The highest BCUT2D eigenvalue weighted by atomic mass is 32.2. The van der Waals surface area contributed by atoms with Gasteiger partial charge in [0.15, 0.2) is 30.1 Å². The summed E-state index contributed by atoms with van der Waals surface area (Å²) in [7, 11) is 0. The van der Waals surface area contributed by atoms with Crippen molar-refractivity contribution in [2.45, 2.75) is 88.1 Å². The fourth-order valence-electron chi connectivity index (χ4n) is 5.47. The lowest BCUT2D eigenvalue weighted by Gasteiger charge is -2.44. The van der Waals surface area contributed by atoms with Crippen molar-refractivity contribution in [2.75, 3.05) is 18.1 Å². The summed E-state index contributed by atoms with van der Waals surface area (Å²) < 4.78 is 7.51. The Kier molecular flexibility index (Phi) is 9.82. The third-order valence-electron chi connectivity index (χ3n) is 7.55. The van der Waals surface area contributed by atoms with Crippen LogP contribution in [0.3, 0.4) is 0 Å². The van der Waals surface area contributed by atoms with E-state index in [2.05, 4.69) is 36.4 Å². The van der Waals surface area contributed by atoms with Gasteiger partial charge in [0, 0.05) is 17.4 Å². The van der Waals surface area contributed by atoms with Gasteiger partial charge in [-0.2, -0.15) is 11.8 Å². The number of thioether (sulfide) groups is 1. The van der Waals surface area contributed by atoms with Gasteiger partial charge in [0.05, 0.1) is 18.4 Å². The van der Waals surface area contributed by atoms with E-state index in [1.165, 1.54) is 17.2 Å². The molecule has 3 aliphatic rings. The Balaban J connectivity index is 1.09. The van der Waals surface area contributed by atoms with E-state index in [1.807, 2.05) is 25.6 Å². The van der Waals surface area contributed by atoms with Gasteiger partial charge in [0.2, 0.25) is 5.91 Å². The van der Waals surface area contributed by atoms with Crippen molar-refractivity contribution < 1.29 is 34.2 Å². The molecule has 7 atom stereocenters. The van der Waals surface area contributed by atoms with Gasteiger partial charge in [-0.15, -0.1) is 5.06 Å². The molecular formula is C25H38N10O7S. The van der Waals surface area contributed by atoms with Crippen LogP contribution in [0.5, 0.6) is 0 Å². The first-order chi connectivity index (χ1) is 20.6. The topological polar surface area (TPSA) is 231 Å². The number of fused-ring (bicyclic) bond motifs is 2. The van der Waals surface area contributed by atoms with Crippen LogP contribution in [-0.2, 0) is 19.2 Å². The lowest BCUT2D eigenvalue weighted by atomic mass is 10.0. The number of hydrogen-bond donors (Lipinski definition) is 7. The van der Waals surface area contributed by atoms with Crippen LogP contribution in [0.25, 0.3) is 11.2 Å². The molecule has 5 rings (SSSR count). The Morgan fingerprint density at radius 1 is 1.19 bits per heavy atom. The molecule has 5 heterocycles. The van der Waals surface area contributed by atoms with Gasteiger partial charge in [-0.05, 0) is 25.2 Å². The van der Waals surface area contributed by atoms with Crippen LogP contribution in [0.1, 0.15) is 52.2 Å². The summed E-state index contributed by atoms with van der Waals surface area (Å²) in [5.41, 5.74) is 11.2. The smallest absolute Gasteiger partial charge is 0.315 e. The predicted octanol–water partition coefficient (Wildman–Crippen LogP) is -0.904. The Bertz CT molecular complexity index is 1310. The number of aliphatic hydroxyl groups excluding tert-OH is 2. The summed E-state index contributed by atoms with van der Waals surface area (Å²) in [6.45, 7) is 3.30. The number of ether oxygens (including phenoxy) is 1. The largest absolute Gasteiger partial charge is 0.382 e. The number of anilines is 1. The van der Waals surface area contributed by atoms with E-state index >= 15 is 0 Å². The second-order valence-electron chi connectivity index (χ2n) is 11.2. The number of aromatic nitrogens is 4. The van der Waals surface area contributed by atoms with Crippen molar-refractivity contribution in [3.63, 3.8) is 0 Å². The van der Waals surface area contributed by atoms with Crippen LogP contribution in [0.4, 0.5) is 10.6 Å². The molecule has 0 aromatic carbocycles. The lowest BCUT2D eigenvalue weighted by molar-refractivity contribution is -0.387. The number of unbranched alkanes of at least 4 members (excludes halogenated alkanes) is 1. The van der Waals surface area contributed by atoms with Crippen LogP contribution in [-0.4, -0.2) is 101 Å². The molecule has 8 N–H and O–H groups in total. The number of hydrazine groups is 1. The molecule has 3 saturated heterocycles. The summed E-state index contributed by atoms with van der Waals surface area (Å²) in [5.74, 6) is 0.107. The number of hydroxylamine groups is 2. The molecule has 3 fully saturated rings. The van der Waals surface area contributed by atoms with Crippen molar-refractivity contribution in [3.05, 3.63) is 12.7 Å². The zero-order chi connectivity index (χ0) is 30.7. The maximum Gasteiger partial charge on any atom is 0.315 e. The number of aliphatic hydroxyl groups is 2. The SMILES string of the molecule is CC(C)CC1O[C@@H](n2cnc3c(N)ncnc32)C(O)N(OCC(=O)NNC(=O)CCCC[C@@H]2SC[C@@H]3NC(=O)N[C@@H]32)C1O. The highest BCUT2D eigenvalue weighted by Crippen LogP contribution is 2.34. The molecule has 0 saturated carbocycles.